The van der Waals surface area contributed by atoms with Crippen molar-refractivity contribution in [3.05, 3.63) is 29.3 Å². The second-order valence-corrected chi connectivity index (χ2v) is 6.58. The SMILES string of the molecule is CCc1ccc(C(=O)O)cc1S(=O)(=O)C(C)CC. The summed E-state index contributed by atoms with van der Waals surface area (Å²) in [6.07, 6.45) is 1.06. The third kappa shape index (κ3) is 2.72. The second kappa shape index (κ2) is 5.52. The van der Waals surface area contributed by atoms with E-state index in [2.05, 4.69) is 0 Å². The van der Waals surface area contributed by atoms with Crippen molar-refractivity contribution in [3.8, 4) is 0 Å². The van der Waals surface area contributed by atoms with Gasteiger partial charge in [0.25, 0.3) is 0 Å². The van der Waals surface area contributed by atoms with Crippen LogP contribution in [0.15, 0.2) is 23.1 Å². The Labute approximate surface area is 108 Å². The van der Waals surface area contributed by atoms with Crippen LogP contribution in [0, 0.1) is 0 Å². The molecule has 0 radical (unpaired) electrons. The number of aryl methyl sites for hydroxylation is 1. The Morgan fingerprint density at radius 1 is 1.33 bits per heavy atom. The predicted octanol–water partition coefficient (Wildman–Crippen LogP) is 2.52. The van der Waals surface area contributed by atoms with E-state index in [1.54, 1.807) is 19.9 Å². The molecule has 0 aliphatic rings. The number of hydrogen-bond donors (Lipinski definition) is 1. The highest BCUT2D eigenvalue weighted by molar-refractivity contribution is 7.92. The Kier molecular flexibility index (Phi) is 4.51. The molecule has 0 heterocycles. The molecular weight excluding hydrogens is 252 g/mol. The van der Waals surface area contributed by atoms with Gasteiger partial charge in [-0.15, -0.1) is 0 Å². The van der Waals surface area contributed by atoms with Gasteiger partial charge >= 0.3 is 5.97 Å². The van der Waals surface area contributed by atoms with Gasteiger partial charge in [0.05, 0.1) is 15.7 Å². The molecule has 1 atom stereocenters. The first-order valence-electron chi connectivity index (χ1n) is 5.94. The summed E-state index contributed by atoms with van der Waals surface area (Å²) in [5.74, 6) is -1.11. The zero-order valence-corrected chi connectivity index (χ0v) is 11.6. The van der Waals surface area contributed by atoms with Gasteiger partial charge in [-0.25, -0.2) is 13.2 Å². The number of carboxylic acids is 1. The number of rotatable bonds is 5. The largest absolute Gasteiger partial charge is 0.478 e. The van der Waals surface area contributed by atoms with Gasteiger partial charge in [-0.3, -0.25) is 0 Å². The van der Waals surface area contributed by atoms with Crippen molar-refractivity contribution in [3.63, 3.8) is 0 Å². The van der Waals surface area contributed by atoms with E-state index in [4.69, 9.17) is 5.11 Å². The van der Waals surface area contributed by atoms with Gasteiger partial charge in [-0.2, -0.15) is 0 Å². The molecule has 0 bridgehead atoms. The van der Waals surface area contributed by atoms with E-state index in [9.17, 15) is 13.2 Å². The second-order valence-electron chi connectivity index (χ2n) is 4.25. The van der Waals surface area contributed by atoms with Crippen LogP contribution in [0.2, 0.25) is 0 Å². The Bertz CT molecular complexity index is 546. The zero-order chi connectivity index (χ0) is 13.9. The molecule has 0 aliphatic carbocycles. The quantitative estimate of drug-likeness (QED) is 0.892. The molecule has 0 fully saturated rings. The maximum absolute atomic E-state index is 12.3. The summed E-state index contributed by atoms with van der Waals surface area (Å²) in [4.78, 5) is 11.1. The van der Waals surface area contributed by atoms with Crippen molar-refractivity contribution in [2.45, 2.75) is 43.8 Å². The molecule has 1 rings (SSSR count). The summed E-state index contributed by atoms with van der Waals surface area (Å²) in [6, 6.07) is 4.29. The summed E-state index contributed by atoms with van der Waals surface area (Å²) in [5.41, 5.74) is 0.675. The summed E-state index contributed by atoms with van der Waals surface area (Å²) < 4.78 is 24.6. The minimum absolute atomic E-state index is 0.00841. The van der Waals surface area contributed by atoms with Crippen LogP contribution in [0.25, 0.3) is 0 Å². The monoisotopic (exact) mass is 270 g/mol. The first-order valence-corrected chi connectivity index (χ1v) is 7.49. The lowest BCUT2D eigenvalue weighted by atomic mass is 10.1. The number of benzene rings is 1. The molecule has 0 saturated heterocycles. The fourth-order valence-electron chi connectivity index (χ4n) is 1.68. The van der Waals surface area contributed by atoms with Crippen LogP contribution in [0.1, 0.15) is 43.1 Å². The average molecular weight is 270 g/mol. The average Bonchev–Trinajstić information content (AvgIpc) is 2.36. The molecule has 5 heteroatoms. The van der Waals surface area contributed by atoms with Crippen molar-refractivity contribution in [1.29, 1.82) is 0 Å². The molecule has 1 N–H and O–H groups in total. The third-order valence-electron chi connectivity index (χ3n) is 3.11. The van der Waals surface area contributed by atoms with E-state index >= 15 is 0 Å². The van der Waals surface area contributed by atoms with Crippen LogP contribution < -0.4 is 0 Å². The van der Waals surface area contributed by atoms with E-state index in [1.165, 1.54) is 12.1 Å². The van der Waals surface area contributed by atoms with Gasteiger partial charge in [0, 0.05) is 0 Å². The summed E-state index contributed by atoms with van der Waals surface area (Å²) in [6.45, 7) is 5.29. The Hall–Kier alpha value is -1.36. The minimum Gasteiger partial charge on any atom is -0.478 e. The predicted molar refractivity (Wildman–Crippen MR) is 69.7 cm³/mol. The molecule has 0 aliphatic heterocycles. The van der Waals surface area contributed by atoms with Crippen LogP contribution in [-0.4, -0.2) is 24.7 Å². The fourth-order valence-corrected chi connectivity index (χ4v) is 3.42. The molecule has 0 amide bonds. The summed E-state index contributed by atoms with van der Waals surface area (Å²) in [5, 5.41) is 8.43. The normalized spacial score (nSPS) is 13.3. The molecule has 0 spiro atoms. The number of aromatic carboxylic acids is 1. The highest BCUT2D eigenvalue weighted by atomic mass is 32.2. The van der Waals surface area contributed by atoms with Crippen molar-refractivity contribution >= 4 is 15.8 Å². The molecular formula is C13H18O4S. The van der Waals surface area contributed by atoms with Gasteiger partial charge in [-0.05, 0) is 37.5 Å². The van der Waals surface area contributed by atoms with Crippen molar-refractivity contribution in [2.75, 3.05) is 0 Å². The smallest absolute Gasteiger partial charge is 0.335 e. The van der Waals surface area contributed by atoms with E-state index < -0.39 is 21.1 Å². The van der Waals surface area contributed by atoms with E-state index in [1.807, 2.05) is 6.92 Å². The maximum Gasteiger partial charge on any atom is 0.335 e. The van der Waals surface area contributed by atoms with E-state index in [0.717, 1.165) is 0 Å². The van der Waals surface area contributed by atoms with Gasteiger partial charge in [-0.1, -0.05) is 19.9 Å². The van der Waals surface area contributed by atoms with Crippen LogP contribution in [-0.2, 0) is 16.3 Å². The van der Waals surface area contributed by atoms with Crippen LogP contribution in [0.5, 0.6) is 0 Å². The van der Waals surface area contributed by atoms with Crippen LogP contribution >= 0.6 is 0 Å². The van der Waals surface area contributed by atoms with Crippen molar-refractivity contribution in [2.24, 2.45) is 0 Å². The van der Waals surface area contributed by atoms with E-state index in [-0.39, 0.29) is 10.5 Å². The van der Waals surface area contributed by atoms with Gasteiger partial charge in [0.1, 0.15) is 0 Å². The highest BCUT2D eigenvalue weighted by Crippen LogP contribution is 2.24. The Balaban J connectivity index is 3.46. The standard InChI is InChI=1S/C13H18O4S/c1-4-9(3)18(16,17)12-8-11(13(14)15)7-6-10(12)5-2/h6-9H,4-5H2,1-3H3,(H,14,15). The summed E-state index contributed by atoms with van der Waals surface area (Å²) in [7, 11) is -3.45. The van der Waals surface area contributed by atoms with Gasteiger partial charge in [0.2, 0.25) is 0 Å². The Morgan fingerprint density at radius 3 is 2.39 bits per heavy atom. The van der Waals surface area contributed by atoms with E-state index in [0.29, 0.717) is 18.4 Å². The molecule has 1 aromatic carbocycles. The number of sulfone groups is 1. The van der Waals surface area contributed by atoms with Gasteiger partial charge in [0.15, 0.2) is 9.84 Å². The first kappa shape index (κ1) is 14.7. The molecule has 4 nitrogen and oxygen atoms in total. The summed E-state index contributed by atoms with van der Waals surface area (Å²) >= 11 is 0. The number of carbonyl (C=O) groups is 1. The van der Waals surface area contributed by atoms with Crippen molar-refractivity contribution in [1.82, 2.24) is 0 Å². The molecule has 1 aromatic rings. The molecule has 0 saturated carbocycles. The number of hydrogen-bond acceptors (Lipinski definition) is 3. The Morgan fingerprint density at radius 2 is 1.94 bits per heavy atom. The third-order valence-corrected chi connectivity index (χ3v) is 5.49. The lowest BCUT2D eigenvalue weighted by Gasteiger charge is -2.14. The number of carboxylic acid groups (broad SMARTS) is 1. The molecule has 18 heavy (non-hydrogen) atoms. The molecule has 0 aromatic heterocycles. The zero-order valence-electron chi connectivity index (χ0n) is 10.8. The van der Waals surface area contributed by atoms with Crippen molar-refractivity contribution < 1.29 is 18.3 Å². The fraction of sp³-hybridized carbons (Fsp3) is 0.462. The lowest BCUT2D eigenvalue weighted by Crippen LogP contribution is -2.19. The molecule has 100 valence electrons. The highest BCUT2D eigenvalue weighted by Gasteiger charge is 2.25. The lowest BCUT2D eigenvalue weighted by molar-refractivity contribution is 0.0696. The van der Waals surface area contributed by atoms with Gasteiger partial charge < -0.3 is 5.11 Å². The topological polar surface area (TPSA) is 71.4 Å². The minimum atomic E-state index is -3.45. The van der Waals surface area contributed by atoms with Crippen LogP contribution in [0.4, 0.5) is 0 Å². The first-order chi connectivity index (χ1) is 8.34. The maximum atomic E-state index is 12.3. The molecule has 1 unspecified atom stereocenters. The van der Waals surface area contributed by atoms with Crippen LogP contribution in [0.3, 0.4) is 0 Å².